The van der Waals surface area contributed by atoms with E-state index in [2.05, 4.69) is 9.62 Å². The van der Waals surface area contributed by atoms with Crippen molar-refractivity contribution in [3.63, 3.8) is 0 Å². The average Bonchev–Trinajstić information content (AvgIpc) is 2.69. The van der Waals surface area contributed by atoms with Crippen LogP contribution in [-0.4, -0.2) is 53.3 Å². The predicted octanol–water partition coefficient (Wildman–Crippen LogP) is 2.19. The molecule has 1 saturated heterocycles. The molecule has 1 N–H and O–H groups in total. The molecular weight excluding hydrogens is 371 g/mol. The van der Waals surface area contributed by atoms with E-state index >= 15 is 0 Å². The second-order valence-corrected chi connectivity index (χ2v) is 8.01. The summed E-state index contributed by atoms with van der Waals surface area (Å²) in [6.45, 7) is 2.81. The molecular formula is C19H23FN2O4S. The maximum atomic E-state index is 13.1. The predicted molar refractivity (Wildman–Crippen MR) is 99.7 cm³/mol. The molecule has 0 bridgehead atoms. The zero-order chi connectivity index (χ0) is 19.3. The van der Waals surface area contributed by atoms with Crippen molar-refractivity contribution in [1.29, 1.82) is 0 Å². The third-order valence-corrected chi connectivity index (χ3v) is 6.00. The topological polar surface area (TPSA) is 67.9 Å². The summed E-state index contributed by atoms with van der Waals surface area (Å²) in [6.07, 6.45) is 0. The number of nitrogens with zero attached hydrogens (tertiary/aromatic N) is 1. The van der Waals surface area contributed by atoms with Crippen molar-refractivity contribution in [1.82, 2.24) is 9.62 Å². The minimum atomic E-state index is -3.74. The van der Waals surface area contributed by atoms with Gasteiger partial charge >= 0.3 is 0 Å². The van der Waals surface area contributed by atoms with Gasteiger partial charge in [0.05, 0.1) is 25.2 Å². The lowest BCUT2D eigenvalue weighted by Crippen LogP contribution is -2.43. The lowest BCUT2D eigenvalue weighted by Gasteiger charge is -2.35. The summed E-state index contributed by atoms with van der Waals surface area (Å²) < 4.78 is 51.6. The van der Waals surface area contributed by atoms with Crippen LogP contribution in [-0.2, 0) is 14.8 Å². The maximum absolute atomic E-state index is 13.1. The van der Waals surface area contributed by atoms with E-state index in [0.717, 1.165) is 17.7 Å². The Morgan fingerprint density at radius 2 is 1.89 bits per heavy atom. The van der Waals surface area contributed by atoms with Crippen LogP contribution >= 0.6 is 0 Å². The molecule has 3 rings (SSSR count). The molecule has 1 heterocycles. The third kappa shape index (κ3) is 5.04. The van der Waals surface area contributed by atoms with Crippen LogP contribution in [0.3, 0.4) is 0 Å². The van der Waals surface area contributed by atoms with Crippen molar-refractivity contribution >= 4 is 10.0 Å². The van der Waals surface area contributed by atoms with Crippen molar-refractivity contribution in [3.05, 3.63) is 59.9 Å². The molecule has 1 unspecified atom stereocenters. The molecule has 0 amide bonds. The van der Waals surface area contributed by atoms with E-state index in [1.807, 2.05) is 24.3 Å². The van der Waals surface area contributed by atoms with Crippen LogP contribution in [0.5, 0.6) is 5.75 Å². The van der Waals surface area contributed by atoms with E-state index < -0.39 is 15.8 Å². The number of hydrogen-bond donors (Lipinski definition) is 1. The summed E-state index contributed by atoms with van der Waals surface area (Å²) in [4.78, 5) is 2.22. The van der Waals surface area contributed by atoms with Gasteiger partial charge in [0.25, 0.3) is 0 Å². The highest BCUT2D eigenvalue weighted by Gasteiger charge is 2.25. The van der Waals surface area contributed by atoms with Gasteiger partial charge in [0.1, 0.15) is 11.6 Å². The van der Waals surface area contributed by atoms with Gasteiger partial charge in [0, 0.05) is 25.7 Å². The van der Waals surface area contributed by atoms with Crippen LogP contribution in [0.2, 0.25) is 0 Å². The number of halogens is 1. The lowest BCUT2D eigenvalue weighted by atomic mass is 10.0. The summed E-state index contributed by atoms with van der Waals surface area (Å²) in [6, 6.07) is 12.2. The Balaban J connectivity index is 1.81. The Hall–Kier alpha value is -2.00. The van der Waals surface area contributed by atoms with E-state index in [1.54, 1.807) is 7.11 Å². The first kappa shape index (κ1) is 19.8. The van der Waals surface area contributed by atoms with E-state index in [9.17, 15) is 12.8 Å². The number of sulfonamides is 1. The molecule has 0 aliphatic carbocycles. The van der Waals surface area contributed by atoms with Crippen LogP contribution in [0.15, 0.2) is 53.4 Å². The van der Waals surface area contributed by atoms with Gasteiger partial charge in [0.15, 0.2) is 0 Å². The molecule has 1 fully saturated rings. The molecule has 0 saturated carbocycles. The van der Waals surface area contributed by atoms with Gasteiger partial charge in [-0.25, -0.2) is 17.5 Å². The third-order valence-electron chi connectivity index (χ3n) is 4.56. The Bertz CT molecular complexity index is 852. The highest BCUT2D eigenvalue weighted by Crippen LogP contribution is 2.25. The number of benzene rings is 2. The second kappa shape index (κ2) is 8.79. The van der Waals surface area contributed by atoms with E-state index in [-0.39, 0.29) is 17.5 Å². The Kier molecular flexibility index (Phi) is 6.43. The minimum Gasteiger partial charge on any atom is -0.497 e. The summed E-state index contributed by atoms with van der Waals surface area (Å²) in [5, 5.41) is 0. The Labute approximate surface area is 159 Å². The van der Waals surface area contributed by atoms with Gasteiger partial charge in [-0.15, -0.1) is 0 Å². The summed E-state index contributed by atoms with van der Waals surface area (Å²) >= 11 is 0. The molecule has 0 radical (unpaired) electrons. The zero-order valence-corrected chi connectivity index (χ0v) is 15.9. The van der Waals surface area contributed by atoms with Crippen molar-refractivity contribution in [2.24, 2.45) is 0 Å². The van der Waals surface area contributed by atoms with Gasteiger partial charge < -0.3 is 9.47 Å². The molecule has 6 nitrogen and oxygen atoms in total. The van der Waals surface area contributed by atoms with Crippen LogP contribution in [0, 0.1) is 5.82 Å². The largest absolute Gasteiger partial charge is 0.497 e. The van der Waals surface area contributed by atoms with E-state index in [1.165, 1.54) is 12.1 Å². The number of morpholine rings is 1. The Morgan fingerprint density at radius 3 is 2.56 bits per heavy atom. The molecule has 0 spiro atoms. The molecule has 2 aromatic carbocycles. The smallest absolute Gasteiger partial charge is 0.240 e. The Morgan fingerprint density at radius 1 is 1.19 bits per heavy atom. The lowest BCUT2D eigenvalue weighted by molar-refractivity contribution is 0.0171. The van der Waals surface area contributed by atoms with Crippen LogP contribution in [0.25, 0.3) is 0 Å². The second-order valence-electron chi connectivity index (χ2n) is 6.25. The van der Waals surface area contributed by atoms with Crippen LogP contribution in [0.1, 0.15) is 11.6 Å². The number of hydrogen-bond acceptors (Lipinski definition) is 5. The average molecular weight is 394 g/mol. The quantitative estimate of drug-likeness (QED) is 0.780. The summed E-state index contributed by atoms with van der Waals surface area (Å²) in [7, 11) is -2.14. The summed E-state index contributed by atoms with van der Waals surface area (Å²) in [5.74, 6) is 0.240. The maximum Gasteiger partial charge on any atom is 0.240 e. The first-order valence-electron chi connectivity index (χ1n) is 8.70. The van der Waals surface area contributed by atoms with Gasteiger partial charge in [-0.2, -0.15) is 0 Å². The van der Waals surface area contributed by atoms with Gasteiger partial charge in [-0.1, -0.05) is 12.1 Å². The van der Waals surface area contributed by atoms with Crippen molar-refractivity contribution in [2.45, 2.75) is 10.9 Å². The van der Waals surface area contributed by atoms with Crippen molar-refractivity contribution in [3.8, 4) is 5.75 Å². The number of methoxy groups -OCH3 is 1. The fraction of sp³-hybridized carbons (Fsp3) is 0.368. The molecule has 27 heavy (non-hydrogen) atoms. The van der Waals surface area contributed by atoms with Crippen molar-refractivity contribution < 1.29 is 22.3 Å². The highest BCUT2D eigenvalue weighted by atomic mass is 32.2. The fourth-order valence-corrected chi connectivity index (χ4v) is 4.12. The highest BCUT2D eigenvalue weighted by molar-refractivity contribution is 7.89. The van der Waals surface area contributed by atoms with Gasteiger partial charge in [-0.05, 0) is 42.0 Å². The van der Waals surface area contributed by atoms with Gasteiger partial charge in [0.2, 0.25) is 10.0 Å². The van der Waals surface area contributed by atoms with E-state index in [0.29, 0.717) is 32.1 Å². The zero-order valence-electron chi connectivity index (χ0n) is 15.1. The molecule has 146 valence electrons. The van der Waals surface area contributed by atoms with Crippen LogP contribution in [0.4, 0.5) is 4.39 Å². The molecule has 8 heteroatoms. The van der Waals surface area contributed by atoms with Gasteiger partial charge in [-0.3, -0.25) is 4.90 Å². The van der Waals surface area contributed by atoms with E-state index in [4.69, 9.17) is 9.47 Å². The molecule has 1 atom stereocenters. The standard InChI is InChI=1S/C19H23FN2O4S/c1-25-17-4-2-3-15(13-17)19(22-9-11-26-12-10-22)14-21-27(23,24)18-7-5-16(20)6-8-18/h2-8,13,19,21H,9-12,14H2,1H3. The molecule has 2 aromatic rings. The molecule has 1 aliphatic heterocycles. The first-order valence-corrected chi connectivity index (χ1v) is 10.2. The van der Waals surface area contributed by atoms with Crippen molar-refractivity contribution in [2.75, 3.05) is 40.0 Å². The fourth-order valence-electron chi connectivity index (χ4n) is 3.08. The number of ether oxygens (including phenoxy) is 2. The number of rotatable bonds is 7. The molecule has 1 aliphatic rings. The minimum absolute atomic E-state index is 0.0373. The molecule has 0 aromatic heterocycles. The summed E-state index contributed by atoms with van der Waals surface area (Å²) in [5.41, 5.74) is 0.957. The first-order chi connectivity index (χ1) is 13.0. The van der Waals surface area contributed by atoms with Crippen LogP contribution < -0.4 is 9.46 Å². The monoisotopic (exact) mass is 394 g/mol. The SMILES string of the molecule is COc1cccc(C(CNS(=O)(=O)c2ccc(F)cc2)N2CCOCC2)c1. The number of nitrogens with one attached hydrogen (secondary N) is 1. The normalized spacial score (nSPS) is 16.8.